The molecule has 2 rings (SSSR count). The summed E-state index contributed by atoms with van der Waals surface area (Å²) in [5.41, 5.74) is 2.75. The molecule has 0 spiro atoms. The van der Waals surface area contributed by atoms with E-state index in [2.05, 4.69) is 37.4 Å². The number of nitrogens with one attached hydrogen (secondary N) is 1. The van der Waals surface area contributed by atoms with E-state index in [-0.39, 0.29) is 0 Å². The zero-order chi connectivity index (χ0) is 11.5. The van der Waals surface area contributed by atoms with Crippen molar-refractivity contribution in [1.29, 1.82) is 0 Å². The number of hydrogen-bond donors (Lipinski definition) is 1. The van der Waals surface area contributed by atoms with E-state index in [1.54, 1.807) is 0 Å². The Balaban J connectivity index is 2.34. The van der Waals surface area contributed by atoms with Gasteiger partial charge < -0.3 is 10.1 Å². The highest BCUT2D eigenvalue weighted by Crippen LogP contribution is 2.34. The summed E-state index contributed by atoms with van der Waals surface area (Å²) in [5.74, 6) is 1.68. The van der Waals surface area contributed by atoms with E-state index in [9.17, 15) is 0 Å². The van der Waals surface area contributed by atoms with Crippen molar-refractivity contribution >= 4 is 0 Å². The Morgan fingerprint density at radius 2 is 2.31 bits per heavy atom. The topological polar surface area (TPSA) is 21.3 Å². The molecule has 0 fully saturated rings. The number of hydrogen-bond acceptors (Lipinski definition) is 2. The van der Waals surface area contributed by atoms with Gasteiger partial charge in [0.2, 0.25) is 0 Å². The predicted molar refractivity (Wildman–Crippen MR) is 67.1 cm³/mol. The van der Waals surface area contributed by atoms with Gasteiger partial charge in [0.1, 0.15) is 5.75 Å². The summed E-state index contributed by atoms with van der Waals surface area (Å²) in [5, 5.41) is 3.36. The zero-order valence-corrected chi connectivity index (χ0v) is 10.4. The number of benzene rings is 1. The van der Waals surface area contributed by atoms with E-state index in [1.807, 2.05) is 7.05 Å². The Morgan fingerprint density at radius 3 is 3.00 bits per heavy atom. The first kappa shape index (κ1) is 11.5. The molecule has 1 heterocycles. The summed E-state index contributed by atoms with van der Waals surface area (Å²) in [6.07, 6.45) is 2.25. The van der Waals surface area contributed by atoms with Crippen molar-refractivity contribution in [1.82, 2.24) is 5.32 Å². The van der Waals surface area contributed by atoms with E-state index in [4.69, 9.17) is 4.74 Å². The van der Waals surface area contributed by atoms with E-state index < -0.39 is 0 Å². The third-order valence-electron chi connectivity index (χ3n) is 3.60. The molecular formula is C14H21NO. The Morgan fingerprint density at radius 1 is 1.50 bits per heavy atom. The molecule has 2 nitrogen and oxygen atoms in total. The standard InChI is InChI=1S/C14H21NO/c1-4-10(2)11-5-6-14-12(9-11)13(15-3)7-8-16-14/h5-6,9-10,13,15H,4,7-8H2,1-3H3. The third kappa shape index (κ3) is 2.07. The molecule has 0 aromatic heterocycles. The molecular weight excluding hydrogens is 198 g/mol. The minimum absolute atomic E-state index is 0.452. The fourth-order valence-corrected chi connectivity index (χ4v) is 2.26. The second-order valence-corrected chi connectivity index (χ2v) is 4.58. The first-order valence-corrected chi connectivity index (χ1v) is 6.20. The smallest absolute Gasteiger partial charge is 0.124 e. The third-order valence-corrected chi connectivity index (χ3v) is 3.60. The summed E-state index contributed by atoms with van der Waals surface area (Å²) >= 11 is 0. The van der Waals surface area contributed by atoms with Gasteiger partial charge in [0.15, 0.2) is 0 Å². The fraction of sp³-hybridized carbons (Fsp3) is 0.571. The van der Waals surface area contributed by atoms with Gasteiger partial charge in [-0.1, -0.05) is 26.0 Å². The molecule has 0 amide bonds. The van der Waals surface area contributed by atoms with E-state index in [0.29, 0.717) is 12.0 Å². The van der Waals surface area contributed by atoms with Crippen LogP contribution >= 0.6 is 0 Å². The van der Waals surface area contributed by atoms with Crippen LogP contribution in [0.15, 0.2) is 18.2 Å². The van der Waals surface area contributed by atoms with Crippen LogP contribution in [0, 0.1) is 0 Å². The highest BCUT2D eigenvalue weighted by molar-refractivity contribution is 5.41. The van der Waals surface area contributed by atoms with Crippen LogP contribution in [-0.2, 0) is 0 Å². The van der Waals surface area contributed by atoms with Gasteiger partial charge in [-0.15, -0.1) is 0 Å². The lowest BCUT2D eigenvalue weighted by atomic mass is 9.92. The molecule has 1 N–H and O–H groups in total. The first-order chi connectivity index (χ1) is 7.76. The van der Waals surface area contributed by atoms with Crippen LogP contribution in [0.1, 0.15) is 49.8 Å². The van der Waals surface area contributed by atoms with Crippen molar-refractivity contribution < 1.29 is 4.74 Å². The summed E-state index contributed by atoms with van der Waals surface area (Å²) in [7, 11) is 2.02. The van der Waals surface area contributed by atoms with Crippen LogP contribution in [0.3, 0.4) is 0 Å². The van der Waals surface area contributed by atoms with Gasteiger partial charge in [-0.3, -0.25) is 0 Å². The van der Waals surface area contributed by atoms with Crippen molar-refractivity contribution in [2.75, 3.05) is 13.7 Å². The van der Waals surface area contributed by atoms with Crippen LogP contribution in [0.5, 0.6) is 5.75 Å². The quantitative estimate of drug-likeness (QED) is 0.842. The molecule has 0 bridgehead atoms. The highest BCUT2D eigenvalue weighted by atomic mass is 16.5. The van der Waals surface area contributed by atoms with Crippen molar-refractivity contribution in [3.05, 3.63) is 29.3 Å². The molecule has 0 aliphatic carbocycles. The van der Waals surface area contributed by atoms with Crippen LogP contribution in [0.2, 0.25) is 0 Å². The maximum atomic E-state index is 5.68. The molecule has 2 atom stereocenters. The molecule has 88 valence electrons. The zero-order valence-electron chi connectivity index (χ0n) is 10.4. The molecule has 0 saturated carbocycles. The Labute approximate surface area is 98.0 Å². The van der Waals surface area contributed by atoms with Crippen LogP contribution < -0.4 is 10.1 Å². The molecule has 2 unspecified atom stereocenters. The van der Waals surface area contributed by atoms with Crippen molar-refractivity contribution in [3.63, 3.8) is 0 Å². The van der Waals surface area contributed by atoms with Crippen molar-refractivity contribution in [2.45, 2.75) is 38.6 Å². The summed E-state index contributed by atoms with van der Waals surface area (Å²) in [4.78, 5) is 0. The average molecular weight is 219 g/mol. The van der Waals surface area contributed by atoms with Crippen LogP contribution in [0.4, 0.5) is 0 Å². The van der Waals surface area contributed by atoms with E-state index >= 15 is 0 Å². The van der Waals surface area contributed by atoms with Gasteiger partial charge in [-0.2, -0.15) is 0 Å². The lowest BCUT2D eigenvalue weighted by Crippen LogP contribution is -2.24. The molecule has 0 saturated heterocycles. The molecule has 16 heavy (non-hydrogen) atoms. The fourth-order valence-electron chi connectivity index (χ4n) is 2.26. The Kier molecular flexibility index (Phi) is 3.49. The normalized spacial score (nSPS) is 21.1. The molecule has 1 aliphatic rings. The Hall–Kier alpha value is -1.02. The number of ether oxygens (including phenoxy) is 1. The molecule has 0 radical (unpaired) electrons. The predicted octanol–water partition coefficient (Wildman–Crippen LogP) is 3.24. The average Bonchev–Trinajstić information content (AvgIpc) is 2.36. The van der Waals surface area contributed by atoms with Gasteiger partial charge >= 0.3 is 0 Å². The summed E-state index contributed by atoms with van der Waals surface area (Å²) in [6.45, 7) is 5.33. The second kappa shape index (κ2) is 4.88. The molecule has 1 aliphatic heterocycles. The molecule has 1 aromatic carbocycles. The van der Waals surface area contributed by atoms with E-state index in [0.717, 1.165) is 18.8 Å². The minimum atomic E-state index is 0.452. The molecule has 2 heteroatoms. The lowest BCUT2D eigenvalue weighted by molar-refractivity contribution is 0.257. The van der Waals surface area contributed by atoms with Crippen LogP contribution in [-0.4, -0.2) is 13.7 Å². The number of rotatable bonds is 3. The van der Waals surface area contributed by atoms with Crippen molar-refractivity contribution in [3.8, 4) is 5.75 Å². The largest absolute Gasteiger partial charge is 0.493 e. The Bertz CT molecular complexity index is 362. The maximum Gasteiger partial charge on any atom is 0.124 e. The van der Waals surface area contributed by atoms with Crippen molar-refractivity contribution in [2.24, 2.45) is 0 Å². The SMILES string of the molecule is CCC(C)c1ccc2c(c1)C(NC)CCO2. The first-order valence-electron chi connectivity index (χ1n) is 6.20. The van der Waals surface area contributed by atoms with Gasteiger partial charge in [0.05, 0.1) is 6.61 Å². The van der Waals surface area contributed by atoms with Gasteiger partial charge in [0.25, 0.3) is 0 Å². The number of fused-ring (bicyclic) bond motifs is 1. The second-order valence-electron chi connectivity index (χ2n) is 4.58. The van der Waals surface area contributed by atoms with Gasteiger partial charge in [0, 0.05) is 18.0 Å². The summed E-state index contributed by atoms with van der Waals surface area (Å²) < 4.78 is 5.68. The van der Waals surface area contributed by atoms with Gasteiger partial charge in [-0.25, -0.2) is 0 Å². The minimum Gasteiger partial charge on any atom is -0.493 e. The molecule has 1 aromatic rings. The lowest BCUT2D eigenvalue weighted by Gasteiger charge is -2.26. The maximum absolute atomic E-state index is 5.68. The van der Waals surface area contributed by atoms with Gasteiger partial charge in [-0.05, 0) is 31.0 Å². The van der Waals surface area contributed by atoms with E-state index in [1.165, 1.54) is 17.5 Å². The van der Waals surface area contributed by atoms with Crippen LogP contribution in [0.25, 0.3) is 0 Å². The highest BCUT2D eigenvalue weighted by Gasteiger charge is 2.20. The summed E-state index contributed by atoms with van der Waals surface area (Å²) in [6, 6.07) is 7.09. The monoisotopic (exact) mass is 219 g/mol.